The summed E-state index contributed by atoms with van der Waals surface area (Å²) in [6.07, 6.45) is 0.115. The van der Waals surface area contributed by atoms with E-state index in [2.05, 4.69) is 35.6 Å². The zero-order valence-corrected chi connectivity index (χ0v) is 15.8. The highest BCUT2D eigenvalue weighted by Gasteiger charge is 2.30. The second-order valence-electron chi connectivity index (χ2n) is 5.99. The number of hydrogen-bond acceptors (Lipinski definition) is 6. The number of nitrogens with zero attached hydrogens (tertiary/aromatic N) is 4. The first-order valence-electron chi connectivity index (χ1n) is 8.77. The van der Waals surface area contributed by atoms with Crippen LogP contribution < -0.4 is 20.7 Å². The molecule has 30 heavy (non-hydrogen) atoms. The van der Waals surface area contributed by atoms with Gasteiger partial charge in [-0.25, -0.2) is 19.7 Å². The standard InChI is InChI=1S/C18H18F3N7O2/c1-12-22-8-9-28(12)16-10-15(25-11-26-16)23-6-7-24-17(29)27-13-2-4-14(5-3-13)30-18(19,20)21/h2-5,8-11H,6-7H2,1H3,(H,23,25,26)(H2,24,27,29). The molecule has 0 fully saturated rings. The summed E-state index contributed by atoms with van der Waals surface area (Å²) >= 11 is 0. The number of aromatic nitrogens is 4. The van der Waals surface area contributed by atoms with Gasteiger partial charge in [-0.3, -0.25) is 4.57 Å². The van der Waals surface area contributed by atoms with Crippen LogP contribution in [0.5, 0.6) is 5.75 Å². The second-order valence-corrected chi connectivity index (χ2v) is 5.99. The Kier molecular flexibility index (Phi) is 6.35. The lowest BCUT2D eigenvalue weighted by molar-refractivity contribution is -0.274. The SMILES string of the molecule is Cc1nccn1-c1cc(NCCNC(=O)Nc2ccc(OC(F)(F)F)cc2)ncn1. The minimum absolute atomic E-state index is 0.282. The molecule has 0 spiro atoms. The Morgan fingerprint density at radius 1 is 1.13 bits per heavy atom. The minimum atomic E-state index is -4.76. The Labute approximate surface area is 169 Å². The Hall–Kier alpha value is -3.83. The summed E-state index contributed by atoms with van der Waals surface area (Å²) in [7, 11) is 0. The molecule has 9 nitrogen and oxygen atoms in total. The van der Waals surface area contributed by atoms with E-state index in [0.29, 0.717) is 23.9 Å². The molecular formula is C18H18F3N7O2. The molecule has 0 saturated carbocycles. The fourth-order valence-corrected chi connectivity index (χ4v) is 2.48. The van der Waals surface area contributed by atoms with Crippen molar-refractivity contribution in [2.45, 2.75) is 13.3 Å². The van der Waals surface area contributed by atoms with Crippen LogP contribution in [0.1, 0.15) is 5.82 Å². The largest absolute Gasteiger partial charge is 0.573 e. The summed E-state index contributed by atoms with van der Waals surface area (Å²) in [6, 6.07) is 6.08. The van der Waals surface area contributed by atoms with Crippen molar-refractivity contribution in [3.05, 3.63) is 54.9 Å². The van der Waals surface area contributed by atoms with Crippen LogP contribution in [0.15, 0.2) is 49.1 Å². The number of aryl methyl sites for hydroxylation is 1. The maximum absolute atomic E-state index is 12.1. The Bertz CT molecular complexity index is 990. The average Bonchev–Trinajstić information content (AvgIpc) is 3.12. The Morgan fingerprint density at radius 2 is 1.90 bits per heavy atom. The van der Waals surface area contributed by atoms with E-state index in [9.17, 15) is 18.0 Å². The molecule has 2 amide bonds. The van der Waals surface area contributed by atoms with Crippen LogP contribution in [0.25, 0.3) is 5.82 Å². The zero-order chi connectivity index (χ0) is 21.6. The molecule has 0 bridgehead atoms. The first-order chi connectivity index (χ1) is 14.3. The highest BCUT2D eigenvalue weighted by Crippen LogP contribution is 2.23. The van der Waals surface area contributed by atoms with Crippen molar-refractivity contribution >= 4 is 17.5 Å². The number of carbonyl (C=O) groups excluding carboxylic acids is 1. The maximum atomic E-state index is 12.1. The normalized spacial score (nSPS) is 11.1. The summed E-state index contributed by atoms with van der Waals surface area (Å²) in [5.74, 6) is 1.66. The fraction of sp³-hybridized carbons (Fsp3) is 0.222. The minimum Gasteiger partial charge on any atom is -0.406 e. The third-order valence-corrected chi connectivity index (χ3v) is 3.79. The van der Waals surface area contributed by atoms with Crippen molar-refractivity contribution < 1.29 is 22.7 Å². The van der Waals surface area contributed by atoms with E-state index in [1.807, 2.05) is 11.5 Å². The lowest BCUT2D eigenvalue weighted by Gasteiger charge is -2.11. The number of hydrogen-bond donors (Lipinski definition) is 3. The topological polar surface area (TPSA) is 106 Å². The van der Waals surface area contributed by atoms with Gasteiger partial charge in [0.15, 0.2) is 0 Å². The van der Waals surface area contributed by atoms with Gasteiger partial charge in [0.2, 0.25) is 0 Å². The van der Waals surface area contributed by atoms with Crippen molar-refractivity contribution in [1.29, 1.82) is 0 Å². The van der Waals surface area contributed by atoms with Crippen LogP contribution in [0.4, 0.5) is 29.5 Å². The van der Waals surface area contributed by atoms with E-state index in [1.165, 1.54) is 18.5 Å². The fourth-order valence-electron chi connectivity index (χ4n) is 2.48. The number of imidazole rings is 1. The van der Waals surface area contributed by atoms with E-state index in [-0.39, 0.29) is 12.3 Å². The van der Waals surface area contributed by atoms with E-state index in [1.54, 1.807) is 18.5 Å². The molecule has 0 unspecified atom stereocenters. The maximum Gasteiger partial charge on any atom is 0.573 e. The third kappa shape index (κ3) is 6.09. The molecule has 2 aromatic heterocycles. The Balaban J connectivity index is 1.42. The first kappa shape index (κ1) is 20.9. The zero-order valence-electron chi connectivity index (χ0n) is 15.8. The van der Waals surface area contributed by atoms with Gasteiger partial charge >= 0.3 is 12.4 Å². The van der Waals surface area contributed by atoms with Crippen LogP contribution in [0.2, 0.25) is 0 Å². The van der Waals surface area contributed by atoms with Gasteiger partial charge in [-0.15, -0.1) is 13.2 Å². The van der Waals surface area contributed by atoms with Gasteiger partial charge in [0, 0.05) is 37.2 Å². The molecule has 3 rings (SSSR count). The molecular weight excluding hydrogens is 403 g/mol. The van der Waals surface area contributed by atoms with Crippen molar-refractivity contribution in [2.75, 3.05) is 23.7 Å². The number of amides is 2. The first-order valence-corrected chi connectivity index (χ1v) is 8.77. The van der Waals surface area contributed by atoms with Gasteiger partial charge in [0.25, 0.3) is 0 Å². The number of ether oxygens (including phenoxy) is 1. The number of anilines is 2. The highest BCUT2D eigenvalue weighted by molar-refractivity contribution is 5.89. The highest BCUT2D eigenvalue weighted by atomic mass is 19.4. The molecule has 0 aliphatic rings. The molecule has 0 saturated heterocycles. The van der Waals surface area contributed by atoms with E-state index >= 15 is 0 Å². The summed E-state index contributed by atoms with van der Waals surface area (Å²) in [4.78, 5) is 24.3. The molecule has 0 aliphatic carbocycles. The molecule has 3 N–H and O–H groups in total. The van der Waals surface area contributed by atoms with Crippen LogP contribution in [-0.4, -0.2) is 45.0 Å². The molecule has 0 atom stereocenters. The predicted octanol–water partition coefficient (Wildman–Crippen LogP) is 3.10. The smallest absolute Gasteiger partial charge is 0.406 e. The van der Waals surface area contributed by atoms with E-state index in [0.717, 1.165) is 18.0 Å². The van der Waals surface area contributed by atoms with E-state index in [4.69, 9.17) is 0 Å². The number of rotatable bonds is 7. The number of halogens is 3. The van der Waals surface area contributed by atoms with Gasteiger partial charge in [0.05, 0.1) is 0 Å². The molecule has 2 heterocycles. The monoisotopic (exact) mass is 421 g/mol. The molecule has 3 aromatic rings. The van der Waals surface area contributed by atoms with Crippen molar-refractivity contribution in [3.63, 3.8) is 0 Å². The van der Waals surface area contributed by atoms with Crippen molar-refractivity contribution in [2.24, 2.45) is 0 Å². The number of alkyl halides is 3. The number of carbonyl (C=O) groups is 1. The average molecular weight is 421 g/mol. The molecule has 12 heteroatoms. The summed E-state index contributed by atoms with van der Waals surface area (Å²) in [6.45, 7) is 2.53. The molecule has 0 aliphatic heterocycles. The lowest BCUT2D eigenvalue weighted by atomic mass is 10.3. The molecule has 158 valence electrons. The van der Waals surface area contributed by atoms with Crippen LogP contribution in [-0.2, 0) is 0 Å². The van der Waals surface area contributed by atoms with Crippen molar-refractivity contribution in [3.8, 4) is 11.6 Å². The van der Waals surface area contributed by atoms with Gasteiger partial charge in [-0.05, 0) is 31.2 Å². The van der Waals surface area contributed by atoms with Crippen LogP contribution in [0, 0.1) is 6.92 Å². The van der Waals surface area contributed by atoms with Gasteiger partial charge in [0.1, 0.15) is 29.5 Å². The number of nitrogens with one attached hydrogen (secondary N) is 3. The lowest BCUT2D eigenvalue weighted by Crippen LogP contribution is -2.32. The van der Waals surface area contributed by atoms with Gasteiger partial charge in [-0.2, -0.15) is 0 Å². The van der Waals surface area contributed by atoms with E-state index < -0.39 is 12.4 Å². The van der Waals surface area contributed by atoms with Gasteiger partial charge < -0.3 is 20.7 Å². The summed E-state index contributed by atoms with van der Waals surface area (Å²) < 4.78 is 42.0. The number of urea groups is 1. The molecule has 0 radical (unpaired) electrons. The predicted molar refractivity (Wildman–Crippen MR) is 103 cm³/mol. The van der Waals surface area contributed by atoms with Crippen molar-refractivity contribution in [1.82, 2.24) is 24.8 Å². The summed E-state index contributed by atoms with van der Waals surface area (Å²) in [5.41, 5.74) is 0.325. The third-order valence-electron chi connectivity index (χ3n) is 3.79. The Morgan fingerprint density at radius 3 is 2.57 bits per heavy atom. The van der Waals surface area contributed by atoms with Crippen LogP contribution >= 0.6 is 0 Å². The van der Waals surface area contributed by atoms with Gasteiger partial charge in [-0.1, -0.05) is 0 Å². The summed E-state index contributed by atoms with van der Waals surface area (Å²) in [5, 5.41) is 8.20. The molecule has 1 aromatic carbocycles. The quantitative estimate of drug-likeness (QED) is 0.506. The van der Waals surface area contributed by atoms with Crippen LogP contribution in [0.3, 0.4) is 0 Å². The second kappa shape index (κ2) is 9.11. The number of benzene rings is 1.